The van der Waals surface area contributed by atoms with Crippen LogP contribution in [0.25, 0.3) is 0 Å². The van der Waals surface area contributed by atoms with Gasteiger partial charge < -0.3 is 15.3 Å². The Labute approximate surface area is 142 Å². The molecular weight excluding hydrogens is 312 g/mol. The van der Waals surface area contributed by atoms with Gasteiger partial charge in [-0.05, 0) is 42.9 Å². The number of aliphatic hydroxyl groups is 1. The Balaban J connectivity index is 1.71. The van der Waals surface area contributed by atoms with Crippen LogP contribution in [0.4, 0.5) is 4.79 Å². The number of likely N-dealkylation sites (tertiary alicyclic amines) is 1. The SMILES string of the molecule is O=C(NC(c1ccc(Cl)cc1)C1CCCC1)N1CCC(CO)C1. The molecule has 1 heterocycles. The van der Waals surface area contributed by atoms with Gasteiger partial charge in [-0.3, -0.25) is 0 Å². The molecule has 5 heteroatoms. The average molecular weight is 337 g/mol. The Kier molecular flexibility index (Phi) is 5.44. The number of benzene rings is 1. The molecule has 2 fully saturated rings. The first kappa shape index (κ1) is 16.6. The van der Waals surface area contributed by atoms with Crippen molar-refractivity contribution in [1.82, 2.24) is 10.2 Å². The summed E-state index contributed by atoms with van der Waals surface area (Å²) in [6, 6.07) is 7.87. The van der Waals surface area contributed by atoms with Crippen LogP contribution in [-0.2, 0) is 0 Å². The monoisotopic (exact) mass is 336 g/mol. The van der Waals surface area contributed by atoms with Crippen molar-refractivity contribution < 1.29 is 9.90 Å². The summed E-state index contributed by atoms with van der Waals surface area (Å²) in [5, 5.41) is 13.2. The topological polar surface area (TPSA) is 52.6 Å². The maximum Gasteiger partial charge on any atom is 0.317 e. The molecule has 3 rings (SSSR count). The molecule has 2 amide bonds. The Morgan fingerprint density at radius 1 is 1.26 bits per heavy atom. The highest BCUT2D eigenvalue weighted by Crippen LogP contribution is 2.36. The van der Waals surface area contributed by atoms with Gasteiger partial charge in [0.2, 0.25) is 0 Å². The van der Waals surface area contributed by atoms with Gasteiger partial charge in [0.1, 0.15) is 0 Å². The highest BCUT2D eigenvalue weighted by atomic mass is 35.5. The van der Waals surface area contributed by atoms with Crippen LogP contribution >= 0.6 is 11.6 Å². The van der Waals surface area contributed by atoms with Crippen molar-refractivity contribution in [1.29, 1.82) is 0 Å². The predicted octanol–water partition coefficient (Wildman–Crippen LogP) is 3.60. The van der Waals surface area contributed by atoms with E-state index in [1.807, 2.05) is 29.2 Å². The molecule has 2 unspecified atom stereocenters. The summed E-state index contributed by atoms with van der Waals surface area (Å²) >= 11 is 6.00. The van der Waals surface area contributed by atoms with E-state index in [2.05, 4.69) is 5.32 Å². The van der Waals surface area contributed by atoms with E-state index in [1.54, 1.807) is 0 Å². The average Bonchev–Trinajstić information content (AvgIpc) is 3.25. The smallest absolute Gasteiger partial charge is 0.317 e. The van der Waals surface area contributed by atoms with Crippen LogP contribution in [0.2, 0.25) is 5.02 Å². The quantitative estimate of drug-likeness (QED) is 0.882. The molecule has 0 bridgehead atoms. The number of carbonyl (C=O) groups is 1. The van der Waals surface area contributed by atoms with E-state index >= 15 is 0 Å². The number of nitrogens with zero attached hydrogens (tertiary/aromatic N) is 1. The third-order valence-electron chi connectivity index (χ3n) is 5.21. The summed E-state index contributed by atoms with van der Waals surface area (Å²) in [5.74, 6) is 0.720. The zero-order valence-corrected chi connectivity index (χ0v) is 14.1. The van der Waals surface area contributed by atoms with Crippen molar-refractivity contribution >= 4 is 17.6 Å². The number of urea groups is 1. The number of aliphatic hydroxyl groups excluding tert-OH is 1. The molecule has 1 saturated carbocycles. The molecule has 4 nitrogen and oxygen atoms in total. The minimum Gasteiger partial charge on any atom is -0.396 e. The molecule has 0 radical (unpaired) electrons. The fourth-order valence-electron chi connectivity index (χ4n) is 3.82. The van der Waals surface area contributed by atoms with Crippen LogP contribution in [0.3, 0.4) is 0 Å². The molecule has 2 aliphatic rings. The van der Waals surface area contributed by atoms with E-state index in [9.17, 15) is 9.90 Å². The summed E-state index contributed by atoms with van der Waals surface area (Å²) in [7, 11) is 0. The van der Waals surface area contributed by atoms with Crippen molar-refractivity contribution in [2.45, 2.75) is 38.1 Å². The zero-order chi connectivity index (χ0) is 16.2. The Morgan fingerprint density at radius 3 is 2.57 bits per heavy atom. The maximum atomic E-state index is 12.6. The van der Waals surface area contributed by atoms with Gasteiger partial charge >= 0.3 is 6.03 Å². The van der Waals surface area contributed by atoms with Crippen LogP contribution in [0.5, 0.6) is 0 Å². The highest BCUT2D eigenvalue weighted by molar-refractivity contribution is 6.30. The number of hydrogen-bond acceptors (Lipinski definition) is 2. The molecule has 23 heavy (non-hydrogen) atoms. The number of nitrogens with one attached hydrogen (secondary N) is 1. The lowest BCUT2D eigenvalue weighted by Gasteiger charge is -2.28. The summed E-state index contributed by atoms with van der Waals surface area (Å²) in [6.07, 6.45) is 5.68. The van der Waals surface area contributed by atoms with Crippen LogP contribution in [0.15, 0.2) is 24.3 Å². The van der Waals surface area contributed by atoms with Crippen LogP contribution in [-0.4, -0.2) is 35.7 Å². The fraction of sp³-hybridized carbons (Fsp3) is 0.611. The third kappa shape index (κ3) is 3.99. The minimum atomic E-state index is -0.00667. The van der Waals surface area contributed by atoms with Crippen molar-refractivity contribution in [2.24, 2.45) is 11.8 Å². The first-order valence-corrected chi connectivity index (χ1v) is 8.97. The van der Waals surface area contributed by atoms with Gasteiger partial charge in [0.15, 0.2) is 0 Å². The van der Waals surface area contributed by atoms with E-state index < -0.39 is 0 Å². The number of amides is 2. The predicted molar refractivity (Wildman–Crippen MR) is 91.4 cm³/mol. The van der Waals surface area contributed by atoms with E-state index in [4.69, 9.17) is 11.6 Å². The molecule has 1 aromatic carbocycles. The van der Waals surface area contributed by atoms with Gasteiger partial charge in [0.05, 0.1) is 6.04 Å². The number of hydrogen-bond donors (Lipinski definition) is 2. The van der Waals surface area contributed by atoms with Gasteiger partial charge in [-0.1, -0.05) is 36.6 Å². The van der Waals surface area contributed by atoms with Gasteiger partial charge in [-0.15, -0.1) is 0 Å². The first-order valence-electron chi connectivity index (χ1n) is 8.59. The van der Waals surface area contributed by atoms with Crippen LogP contribution < -0.4 is 5.32 Å². The second-order valence-corrected chi connectivity index (χ2v) is 7.24. The summed E-state index contributed by atoms with van der Waals surface area (Å²) < 4.78 is 0. The standard InChI is InChI=1S/C18H25ClN2O2/c19-16-7-5-15(6-8-16)17(14-3-1-2-4-14)20-18(23)21-10-9-13(11-21)12-22/h5-8,13-14,17,22H,1-4,9-12H2,(H,20,23). The largest absolute Gasteiger partial charge is 0.396 e. The lowest BCUT2D eigenvalue weighted by Crippen LogP contribution is -2.42. The second kappa shape index (κ2) is 7.54. The van der Waals surface area contributed by atoms with Crippen molar-refractivity contribution in [3.8, 4) is 0 Å². The lowest BCUT2D eigenvalue weighted by atomic mass is 9.92. The first-order chi connectivity index (χ1) is 11.2. The van der Waals surface area contributed by atoms with Crippen molar-refractivity contribution in [3.63, 3.8) is 0 Å². The molecule has 0 spiro atoms. The van der Waals surface area contributed by atoms with E-state index in [0.717, 1.165) is 36.4 Å². The minimum absolute atomic E-state index is 0.00667. The van der Waals surface area contributed by atoms with Gasteiger partial charge in [0.25, 0.3) is 0 Å². The Bertz CT molecular complexity index is 528. The van der Waals surface area contributed by atoms with Crippen molar-refractivity contribution in [3.05, 3.63) is 34.9 Å². The molecule has 126 valence electrons. The number of rotatable bonds is 4. The summed E-state index contributed by atoms with van der Waals surface area (Å²) in [5.41, 5.74) is 1.13. The maximum absolute atomic E-state index is 12.6. The molecule has 1 aliphatic heterocycles. The molecule has 2 N–H and O–H groups in total. The lowest BCUT2D eigenvalue weighted by molar-refractivity contribution is 0.190. The Hall–Kier alpha value is -1.26. The van der Waals surface area contributed by atoms with Crippen LogP contribution in [0, 0.1) is 11.8 Å². The second-order valence-electron chi connectivity index (χ2n) is 6.81. The molecule has 0 aromatic heterocycles. The highest BCUT2D eigenvalue weighted by Gasteiger charge is 2.31. The summed E-state index contributed by atoms with van der Waals surface area (Å²) in [4.78, 5) is 14.5. The van der Waals surface area contributed by atoms with E-state index in [1.165, 1.54) is 12.8 Å². The van der Waals surface area contributed by atoms with Crippen LogP contribution in [0.1, 0.15) is 43.7 Å². The van der Waals surface area contributed by atoms with Crippen molar-refractivity contribution in [2.75, 3.05) is 19.7 Å². The number of halogens is 1. The molecule has 1 saturated heterocycles. The normalized spacial score (nSPS) is 23.2. The fourth-order valence-corrected chi connectivity index (χ4v) is 3.95. The zero-order valence-electron chi connectivity index (χ0n) is 13.4. The molecule has 1 aromatic rings. The van der Waals surface area contributed by atoms with Gasteiger partial charge in [-0.2, -0.15) is 0 Å². The number of carbonyl (C=O) groups excluding carboxylic acids is 1. The van der Waals surface area contributed by atoms with Gasteiger partial charge in [0, 0.05) is 30.6 Å². The molecule has 1 aliphatic carbocycles. The summed E-state index contributed by atoms with van der Waals surface area (Å²) in [6.45, 7) is 1.54. The third-order valence-corrected chi connectivity index (χ3v) is 5.46. The molecular formula is C18H25ClN2O2. The van der Waals surface area contributed by atoms with Gasteiger partial charge in [-0.25, -0.2) is 4.79 Å². The van der Waals surface area contributed by atoms with E-state index in [-0.39, 0.29) is 24.6 Å². The molecule has 2 atom stereocenters. The Morgan fingerprint density at radius 2 is 1.96 bits per heavy atom. The van der Waals surface area contributed by atoms with E-state index in [0.29, 0.717) is 12.5 Å².